The molecule has 0 radical (unpaired) electrons. The number of amides is 1. The SMILES string of the molecule is COc1cccc(N2CCN(C(=O)c3cccc(-n4nnc5cccnc54)c3)CC2)c1. The summed E-state index contributed by atoms with van der Waals surface area (Å²) in [4.78, 5) is 21.7. The molecule has 0 atom stereocenters. The lowest BCUT2D eigenvalue weighted by Gasteiger charge is -2.36. The van der Waals surface area contributed by atoms with E-state index in [4.69, 9.17) is 4.74 Å². The van der Waals surface area contributed by atoms with Crippen LogP contribution in [0.5, 0.6) is 5.75 Å². The second-order valence-electron chi connectivity index (χ2n) is 7.38. The maximum absolute atomic E-state index is 13.2. The fourth-order valence-electron chi connectivity index (χ4n) is 3.87. The smallest absolute Gasteiger partial charge is 0.254 e. The number of piperazine rings is 1. The van der Waals surface area contributed by atoms with Gasteiger partial charge in [-0.25, -0.2) is 4.98 Å². The van der Waals surface area contributed by atoms with Crippen LogP contribution in [0.1, 0.15) is 10.4 Å². The van der Waals surface area contributed by atoms with E-state index in [0.29, 0.717) is 29.8 Å². The molecule has 1 fully saturated rings. The Morgan fingerprint density at radius 3 is 2.58 bits per heavy atom. The number of fused-ring (bicyclic) bond motifs is 1. The fraction of sp³-hybridized carbons (Fsp3) is 0.217. The van der Waals surface area contributed by atoms with Crippen molar-refractivity contribution in [1.82, 2.24) is 24.9 Å². The number of benzene rings is 2. The first kappa shape index (κ1) is 19.0. The van der Waals surface area contributed by atoms with Crippen molar-refractivity contribution in [2.24, 2.45) is 0 Å². The van der Waals surface area contributed by atoms with Gasteiger partial charge in [0.15, 0.2) is 5.65 Å². The van der Waals surface area contributed by atoms with Gasteiger partial charge in [-0.15, -0.1) is 5.10 Å². The molecule has 0 spiro atoms. The third-order valence-corrected chi connectivity index (χ3v) is 5.53. The summed E-state index contributed by atoms with van der Waals surface area (Å²) in [6.45, 7) is 2.87. The number of pyridine rings is 1. The number of rotatable bonds is 4. The van der Waals surface area contributed by atoms with Crippen LogP contribution in [0, 0.1) is 0 Å². The predicted molar refractivity (Wildman–Crippen MR) is 118 cm³/mol. The van der Waals surface area contributed by atoms with Gasteiger partial charge in [0.05, 0.1) is 12.8 Å². The minimum absolute atomic E-state index is 0.0181. The molecule has 2 aromatic heterocycles. The lowest BCUT2D eigenvalue weighted by Crippen LogP contribution is -2.48. The molecule has 156 valence electrons. The van der Waals surface area contributed by atoms with E-state index in [0.717, 1.165) is 30.2 Å². The molecule has 0 bridgehead atoms. The second kappa shape index (κ2) is 8.06. The number of hydrogen-bond donors (Lipinski definition) is 0. The Morgan fingerprint density at radius 1 is 0.935 bits per heavy atom. The molecule has 1 aliphatic heterocycles. The predicted octanol–water partition coefficient (Wildman–Crippen LogP) is 2.79. The van der Waals surface area contributed by atoms with Crippen molar-refractivity contribution in [1.29, 1.82) is 0 Å². The van der Waals surface area contributed by atoms with E-state index in [1.54, 1.807) is 18.0 Å². The van der Waals surface area contributed by atoms with Crippen LogP contribution in [-0.2, 0) is 0 Å². The maximum Gasteiger partial charge on any atom is 0.254 e. The summed E-state index contributed by atoms with van der Waals surface area (Å²) < 4.78 is 6.98. The van der Waals surface area contributed by atoms with E-state index in [1.807, 2.05) is 59.5 Å². The van der Waals surface area contributed by atoms with Gasteiger partial charge in [0.25, 0.3) is 5.91 Å². The van der Waals surface area contributed by atoms with E-state index < -0.39 is 0 Å². The highest BCUT2D eigenvalue weighted by molar-refractivity contribution is 5.95. The molecule has 8 heteroatoms. The summed E-state index contributed by atoms with van der Waals surface area (Å²) in [7, 11) is 1.67. The standard InChI is InChI=1S/C23H22N6O2/c1-31-20-8-3-6-18(16-20)27-11-13-28(14-12-27)23(30)17-5-2-7-19(15-17)29-22-21(25-26-29)9-4-10-24-22/h2-10,15-16H,11-14H2,1H3. The summed E-state index contributed by atoms with van der Waals surface area (Å²) in [5.41, 5.74) is 3.89. The zero-order valence-corrected chi connectivity index (χ0v) is 17.2. The maximum atomic E-state index is 13.2. The summed E-state index contributed by atoms with van der Waals surface area (Å²) in [5.74, 6) is 0.854. The summed E-state index contributed by atoms with van der Waals surface area (Å²) in [5, 5.41) is 8.35. The third-order valence-electron chi connectivity index (χ3n) is 5.53. The second-order valence-corrected chi connectivity index (χ2v) is 7.38. The number of ether oxygens (including phenoxy) is 1. The Hall–Kier alpha value is -3.94. The van der Waals surface area contributed by atoms with Crippen LogP contribution < -0.4 is 9.64 Å². The highest BCUT2D eigenvalue weighted by Crippen LogP contribution is 2.23. The molecule has 0 unspecified atom stereocenters. The minimum atomic E-state index is 0.0181. The normalized spacial score (nSPS) is 14.1. The number of hydrogen-bond acceptors (Lipinski definition) is 6. The fourth-order valence-corrected chi connectivity index (χ4v) is 3.87. The first-order chi connectivity index (χ1) is 15.2. The van der Waals surface area contributed by atoms with E-state index in [1.165, 1.54) is 0 Å². The van der Waals surface area contributed by atoms with Gasteiger partial charge in [0.1, 0.15) is 11.3 Å². The van der Waals surface area contributed by atoms with E-state index in [2.05, 4.69) is 26.3 Å². The van der Waals surface area contributed by atoms with Gasteiger partial charge >= 0.3 is 0 Å². The molecule has 1 aliphatic rings. The van der Waals surface area contributed by atoms with Crippen molar-refractivity contribution in [3.05, 3.63) is 72.4 Å². The van der Waals surface area contributed by atoms with Gasteiger partial charge in [-0.05, 0) is 42.5 Å². The van der Waals surface area contributed by atoms with Crippen LogP contribution in [0.3, 0.4) is 0 Å². The number of aromatic nitrogens is 4. The van der Waals surface area contributed by atoms with Crippen LogP contribution in [-0.4, -0.2) is 64.1 Å². The summed E-state index contributed by atoms with van der Waals surface area (Å²) in [6, 6.07) is 19.2. The first-order valence-electron chi connectivity index (χ1n) is 10.2. The molecule has 31 heavy (non-hydrogen) atoms. The number of nitrogens with zero attached hydrogens (tertiary/aromatic N) is 6. The quantitative estimate of drug-likeness (QED) is 0.511. The van der Waals surface area contributed by atoms with Gasteiger partial charge < -0.3 is 14.5 Å². The molecule has 1 saturated heterocycles. The van der Waals surface area contributed by atoms with Gasteiger partial charge in [-0.2, -0.15) is 4.68 Å². The zero-order chi connectivity index (χ0) is 21.2. The van der Waals surface area contributed by atoms with Gasteiger partial charge in [-0.1, -0.05) is 17.3 Å². The van der Waals surface area contributed by atoms with Crippen molar-refractivity contribution in [3.63, 3.8) is 0 Å². The Balaban J connectivity index is 1.32. The average molecular weight is 414 g/mol. The molecule has 2 aromatic carbocycles. The van der Waals surface area contributed by atoms with Crippen molar-refractivity contribution >= 4 is 22.8 Å². The zero-order valence-electron chi connectivity index (χ0n) is 17.2. The molecule has 0 saturated carbocycles. The Bertz CT molecular complexity index is 1230. The molecular formula is C23H22N6O2. The van der Waals surface area contributed by atoms with Crippen LogP contribution in [0.25, 0.3) is 16.9 Å². The molecule has 0 aliphatic carbocycles. The van der Waals surface area contributed by atoms with Crippen LogP contribution in [0.2, 0.25) is 0 Å². The number of anilines is 1. The van der Waals surface area contributed by atoms with E-state index in [9.17, 15) is 4.79 Å². The van der Waals surface area contributed by atoms with Crippen molar-refractivity contribution in [3.8, 4) is 11.4 Å². The Labute approximate surface area is 179 Å². The summed E-state index contributed by atoms with van der Waals surface area (Å²) in [6.07, 6.45) is 1.71. The van der Waals surface area contributed by atoms with Gasteiger partial charge in [0.2, 0.25) is 0 Å². The molecule has 1 amide bonds. The Morgan fingerprint density at radius 2 is 1.74 bits per heavy atom. The van der Waals surface area contributed by atoms with Crippen molar-refractivity contribution in [2.75, 3.05) is 38.2 Å². The topological polar surface area (TPSA) is 76.4 Å². The number of carbonyl (C=O) groups is 1. The average Bonchev–Trinajstić information content (AvgIpc) is 3.28. The molecule has 0 N–H and O–H groups in total. The highest BCUT2D eigenvalue weighted by Gasteiger charge is 2.23. The molecular weight excluding hydrogens is 392 g/mol. The van der Waals surface area contributed by atoms with E-state index >= 15 is 0 Å². The van der Waals surface area contributed by atoms with Crippen LogP contribution in [0.15, 0.2) is 66.9 Å². The Kier molecular flexibility index (Phi) is 4.95. The van der Waals surface area contributed by atoms with Crippen LogP contribution in [0.4, 0.5) is 5.69 Å². The third kappa shape index (κ3) is 3.68. The highest BCUT2D eigenvalue weighted by atomic mass is 16.5. The summed E-state index contributed by atoms with van der Waals surface area (Å²) >= 11 is 0. The van der Waals surface area contributed by atoms with Gasteiger partial charge in [-0.3, -0.25) is 4.79 Å². The largest absolute Gasteiger partial charge is 0.497 e. The first-order valence-corrected chi connectivity index (χ1v) is 10.2. The monoisotopic (exact) mass is 414 g/mol. The minimum Gasteiger partial charge on any atom is -0.497 e. The molecule has 8 nitrogen and oxygen atoms in total. The molecule has 3 heterocycles. The number of methoxy groups -OCH3 is 1. The van der Waals surface area contributed by atoms with Crippen LogP contribution >= 0.6 is 0 Å². The molecule has 5 rings (SSSR count). The van der Waals surface area contributed by atoms with Gasteiger partial charge in [0, 0.05) is 49.7 Å². The lowest BCUT2D eigenvalue weighted by atomic mass is 10.1. The van der Waals surface area contributed by atoms with Crippen molar-refractivity contribution in [2.45, 2.75) is 0 Å². The van der Waals surface area contributed by atoms with E-state index in [-0.39, 0.29) is 5.91 Å². The lowest BCUT2D eigenvalue weighted by molar-refractivity contribution is 0.0746. The van der Waals surface area contributed by atoms with Crippen molar-refractivity contribution < 1.29 is 9.53 Å². The number of carbonyl (C=O) groups excluding carboxylic acids is 1. The molecule has 4 aromatic rings.